The zero-order valence-corrected chi connectivity index (χ0v) is 8.04. The minimum Gasteiger partial charge on any atom is -0.298 e. The first-order chi connectivity index (χ1) is 6.34. The number of rotatable bonds is 3. The van der Waals surface area contributed by atoms with Gasteiger partial charge in [0.05, 0.1) is 12.2 Å². The van der Waals surface area contributed by atoms with E-state index in [4.69, 9.17) is 0 Å². The molecule has 0 aliphatic carbocycles. The van der Waals surface area contributed by atoms with E-state index in [0.29, 0.717) is 6.54 Å². The average molecular weight is 174 g/mol. The summed E-state index contributed by atoms with van der Waals surface area (Å²) in [7, 11) is 0. The van der Waals surface area contributed by atoms with Crippen molar-refractivity contribution < 1.29 is 0 Å². The molecule has 0 aliphatic rings. The van der Waals surface area contributed by atoms with Crippen molar-refractivity contribution in [1.82, 2.24) is 10.3 Å². The first-order valence-corrected chi connectivity index (χ1v) is 4.38. The van der Waals surface area contributed by atoms with Crippen LogP contribution in [0.3, 0.4) is 0 Å². The number of aromatic nitrogens is 1. The molecule has 0 aliphatic heterocycles. The Balaban J connectivity index is 2.47. The van der Waals surface area contributed by atoms with Crippen molar-refractivity contribution in [3.63, 3.8) is 0 Å². The quantitative estimate of drug-likeness (QED) is 0.706. The Bertz CT molecular complexity index is 295. The highest BCUT2D eigenvalue weighted by Gasteiger charge is 2.02. The van der Waals surface area contributed by atoms with E-state index < -0.39 is 0 Å². The van der Waals surface area contributed by atoms with Crippen LogP contribution < -0.4 is 5.32 Å². The SMILES string of the molecule is CC#CCN[C@@H](C)c1ccccn1. The molecule has 1 rings (SSSR count). The number of nitrogens with zero attached hydrogens (tertiary/aromatic N) is 1. The summed E-state index contributed by atoms with van der Waals surface area (Å²) in [6.07, 6.45) is 1.80. The third-order valence-electron chi connectivity index (χ3n) is 1.80. The van der Waals surface area contributed by atoms with Gasteiger partial charge in [-0.25, -0.2) is 0 Å². The molecule has 1 aromatic heterocycles. The Labute approximate surface area is 79.4 Å². The normalized spacial score (nSPS) is 11.5. The van der Waals surface area contributed by atoms with E-state index in [0.717, 1.165) is 5.69 Å². The monoisotopic (exact) mass is 174 g/mol. The lowest BCUT2D eigenvalue weighted by Gasteiger charge is -2.09. The van der Waals surface area contributed by atoms with E-state index in [1.807, 2.05) is 25.1 Å². The summed E-state index contributed by atoms with van der Waals surface area (Å²) in [5, 5.41) is 3.26. The molecule has 0 saturated heterocycles. The van der Waals surface area contributed by atoms with Gasteiger partial charge in [0, 0.05) is 12.2 Å². The van der Waals surface area contributed by atoms with Crippen LogP contribution in [-0.4, -0.2) is 11.5 Å². The molecule has 1 aromatic rings. The average Bonchev–Trinajstić information content (AvgIpc) is 2.19. The Morgan fingerprint density at radius 1 is 1.54 bits per heavy atom. The van der Waals surface area contributed by atoms with Gasteiger partial charge in [0.25, 0.3) is 0 Å². The summed E-state index contributed by atoms with van der Waals surface area (Å²) in [5.74, 6) is 5.80. The third-order valence-corrected chi connectivity index (χ3v) is 1.80. The Hall–Kier alpha value is -1.33. The molecule has 1 atom stereocenters. The predicted octanol–water partition coefficient (Wildman–Crippen LogP) is 1.76. The third kappa shape index (κ3) is 3.27. The molecular weight excluding hydrogens is 160 g/mol. The van der Waals surface area contributed by atoms with Gasteiger partial charge in [-0.1, -0.05) is 12.0 Å². The molecule has 2 nitrogen and oxygen atoms in total. The van der Waals surface area contributed by atoms with Crippen molar-refractivity contribution in [3.8, 4) is 11.8 Å². The standard InChI is InChI=1S/C11H14N2/c1-3-4-8-12-10(2)11-7-5-6-9-13-11/h5-7,9-10,12H,8H2,1-2H3/t10-/m0/s1. The van der Waals surface area contributed by atoms with E-state index >= 15 is 0 Å². The first kappa shape index (κ1) is 9.76. The maximum Gasteiger partial charge on any atom is 0.0581 e. The summed E-state index contributed by atoms with van der Waals surface area (Å²) in [5.41, 5.74) is 1.06. The summed E-state index contributed by atoms with van der Waals surface area (Å²) in [4.78, 5) is 4.25. The van der Waals surface area contributed by atoms with Crippen LogP contribution in [-0.2, 0) is 0 Å². The van der Waals surface area contributed by atoms with Crippen LogP contribution in [0.15, 0.2) is 24.4 Å². The van der Waals surface area contributed by atoms with Crippen LogP contribution >= 0.6 is 0 Å². The van der Waals surface area contributed by atoms with E-state index in [1.54, 1.807) is 6.20 Å². The molecule has 13 heavy (non-hydrogen) atoms. The van der Waals surface area contributed by atoms with Crippen molar-refractivity contribution in [2.45, 2.75) is 19.9 Å². The fraction of sp³-hybridized carbons (Fsp3) is 0.364. The van der Waals surface area contributed by atoms with E-state index in [2.05, 4.69) is 29.1 Å². The van der Waals surface area contributed by atoms with Gasteiger partial charge < -0.3 is 0 Å². The van der Waals surface area contributed by atoms with Crippen molar-refractivity contribution in [2.75, 3.05) is 6.54 Å². The predicted molar refractivity (Wildman–Crippen MR) is 54.1 cm³/mol. The zero-order chi connectivity index (χ0) is 9.52. The van der Waals surface area contributed by atoms with Gasteiger partial charge >= 0.3 is 0 Å². The highest BCUT2D eigenvalue weighted by molar-refractivity contribution is 5.08. The summed E-state index contributed by atoms with van der Waals surface area (Å²) < 4.78 is 0. The lowest BCUT2D eigenvalue weighted by atomic mass is 10.2. The molecule has 0 saturated carbocycles. The lowest BCUT2D eigenvalue weighted by molar-refractivity contribution is 0.606. The maximum atomic E-state index is 4.25. The minimum absolute atomic E-state index is 0.266. The minimum atomic E-state index is 0.266. The molecular formula is C11H14N2. The van der Waals surface area contributed by atoms with Gasteiger partial charge in [0.1, 0.15) is 0 Å². The first-order valence-electron chi connectivity index (χ1n) is 4.38. The van der Waals surface area contributed by atoms with Gasteiger partial charge in [-0.2, -0.15) is 0 Å². The second-order valence-corrected chi connectivity index (χ2v) is 2.78. The molecule has 0 aromatic carbocycles. The van der Waals surface area contributed by atoms with Gasteiger partial charge in [0.2, 0.25) is 0 Å². The van der Waals surface area contributed by atoms with Crippen molar-refractivity contribution >= 4 is 0 Å². The Morgan fingerprint density at radius 3 is 3.00 bits per heavy atom. The number of hydrogen-bond donors (Lipinski definition) is 1. The van der Waals surface area contributed by atoms with Crippen LogP contribution in [0.2, 0.25) is 0 Å². The van der Waals surface area contributed by atoms with Crippen molar-refractivity contribution in [1.29, 1.82) is 0 Å². The molecule has 1 N–H and O–H groups in total. The van der Waals surface area contributed by atoms with E-state index in [9.17, 15) is 0 Å². The molecule has 2 heteroatoms. The van der Waals surface area contributed by atoms with Crippen molar-refractivity contribution in [3.05, 3.63) is 30.1 Å². The summed E-state index contributed by atoms with van der Waals surface area (Å²) in [6.45, 7) is 4.64. The van der Waals surface area contributed by atoms with Crippen LogP contribution in [0.1, 0.15) is 25.6 Å². The summed E-state index contributed by atoms with van der Waals surface area (Å²) >= 11 is 0. The largest absolute Gasteiger partial charge is 0.298 e. The highest BCUT2D eigenvalue weighted by atomic mass is 14.9. The number of pyridine rings is 1. The molecule has 68 valence electrons. The highest BCUT2D eigenvalue weighted by Crippen LogP contribution is 2.06. The van der Waals surface area contributed by atoms with Gasteiger partial charge in [0.15, 0.2) is 0 Å². The van der Waals surface area contributed by atoms with Crippen LogP contribution in [0.5, 0.6) is 0 Å². The Kier molecular flexibility index (Phi) is 4.01. The van der Waals surface area contributed by atoms with Crippen molar-refractivity contribution in [2.24, 2.45) is 0 Å². The summed E-state index contributed by atoms with van der Waals surface area (Å²) in [6, 6.07) is 6.19. The number of nitrogens with one attached hydrogen (secondary N) is 1. The van der Waals surface area contributed by atoms with Gasteiger partial charge in [-0.05, 0) is 26.0 Å². The molecule has 0 fully saturated rings. The molecule has 0 amide bonds. The Morgan fingerprint density at radius 2 is 2.38 bits per heavy atom. The lowest BCUT2D eigenvalue weighted by Crippen LogP contribution is -2.19. The van der Waals surface area contributed by atoms with E-state index in [-0.39, 0.29) is 6.04 Å². The van der Waals surface area contributed by atoms with E-state index in [1.165, 1.54) is 0 Å². The second-order valence-electron chi connectivity index (χ2n) is 2.78. The van der Waals surface area contributed by atoms with Gasteiger partial charge in [-0.3, -0.25) is 10.3 Å². The molecule has 0 spiro atoms. The smallest absolute Gasteiger partial charge is 0.0581 e. The topological polar surface area (TPSA) is 24.9 Å². The maximum absolute atomic E-state index is 4.25. The molecule has 1 heterocycles. The van der Waals surface area contributed by atoms with Crippen LogP contribution in [0.25, 0.3) is 0 Å². The molecule has 0 bridgehead atoms. The number of hydrogen-bond acceptors (Lipinski definition) is 2. The van der Waals surface area contributed by atoms with Crippen LogP contribution in [0.4, 0.5) is 0 Å². The molecule has 0 unspecified atom stereocenters. The zero-order valence-electron chi connectivity index (χ0n) is 8.04. The fourth-order valence-corrected chi connectivity index (χ4v) is 1.03. The molecule has 0 radical (unpaired) electrons. The fourth-order valence-electron chi connectivity index (χ4n) is 1.03. The van der Waals surface area contributed by atoms with Crippen LogP contribution in [0, 0.1) is 11.8 Å². The van der Waals surface area contributed by atoms with Gasteiger partial charge in [-0.15, -0.1) is 5.92 Å². The second kappa shape index (κ2) is 5.34.